The highest BCUT2D eigenvalue weighted by molar-refractivity contribution is 5.87. The van der Waals surface area contributed by atoms with E-state index in [1.807, 2.05) is 6.92 Å². The Morgan fingerprint density at radius 3 is 3.17 bits per heavy atom. The zero-order chi connectivity index (χ0) is 15.8. The van der Waals surface area contributed by atoms with Crippen LogP contribution in [0.5, 0.6) is 0 Å². The third kappa shape index (κ3) is 2.77. The van der Waals surface area contributed by atoms with Crippen LogP contribution in [0.15, 0.2) is 10.9 Å². The van der Waals surface area contributed by atoms with Crippen molar-refractivity contribution in [2.24, 2.45) is 0 Å². The number of aliphatic hydroxyl groups is 1. The van der Waals surface area contributed by atoms with E-state index in [9.17, 15) is 0 Å². The van der Waals surface area contributed by atoms with E-state index in [-0.39, 0.29) is 12.7 Å². The Bertz CT molecular complexity index is 691. The fourth-order valence-electron chi connectivity index (χ4n) is 3.59. The standard InChI is InChI=1S/C15H21N5O3/c1-9-13-14(16-8-17-15(13)23-19-9)18-10-4-11-7-22-12(2-3-21)6-20(11)5-10/h8,10-12,21H,2-7H2,1H3,(H,16,17,18)/t10-,11-,12-/m0/s1. The van der Waals surface area contributed by atoms with Crippen molar-refractivity contribution in [3.05, 3.63) is 12.0 Å². The van der Waals surface area contributed by atoms with Gasteiger partial charge in [0.25, 0.3) is 5.71 Å². The van der Waals surface area contributed by atoms with E-state index >= 15 is 0 Å². The molecule has 2 saturated heterocycles. The molecule has 8 heteroatoms. The molecular formula is C15H21N5O3. The Labute approximate surface area is 133 Å². The van der Waals surface area contributed by atoms with Crippen LogP contribution in [0.1, 0.15) is 18.5 Å². The molecule has 2 aliphatic rings. The van der Waals surface area contributed by atoms with Crippen LogP contribution >= 0.6 is 0 Å². The Hall–Kier alpha value is -1.77. The van der Waals surface area contributed by atoms with E-state index in [0.717, 1.165) is 43.0 Å². The minimum Gasteiger partial charge on any atom is -0.396 e. The molecule has 0 spiro atoms. The summed E-state index contributed by atoms with van der Waals surface area (Å²) < 4.78 is 11.0. The van der Waals surface area contributed by atoms with E-state index in [0.29, 0.717) is 24.2 Å². The maximum atomic E-state index is 9.07. The first-order chi connectivity index (χ1) is 11.2. The number of anilines is 1. The summed E-state index contributed by atoms with van der Waals surface area (Å²) in [5, 5.41) is 17.4. The summed E-state index contributed by atoms with van der Waals surface area (Å²) in [6.07, 6.45) is 3.36. The predicted molar refractivity (Wildman–Crippen MR) is 83.2 cm³/mol. The largest absolute Gasteiger partial charge is 0.396 e. The molecule has 0 aliphatic carbocycles. The summed E-state index contributed by atoms with van der Waals surface area (Å²) in [6.45, 7) is 4.64. The normalized spacial score (nSPS) is 28.2. The number of morpholine rings is 1. The molecule has 2 N–H and O–H groups in total. The van der Waals surface area contributed by atoms with Gasteiger partial charge in [-0.2, -0.15) is 4.98 Å². The molecule has 2 fully saturated rings. The van der Waals surface area contributed by atoms with Crippen LogP contribution in [0.3, 0.4) is 0 Å². The summed E-state index contributed by atoms with van der Waals surface area (Å²) in [4.78, 5) is 10.9. The summed E-state index contributed by atoms with van der Waals surface area (Å²) >= 11 is 0. The molecule has 124 valence electrons. The lowest BCUT2D eigenvalue weighted by molar-refractivity contribution is -0.0566. The molecule has 2 aromatic rings. The van der Waals surface area contributed by atoms with Crippen molar-refractivity contribution >= 4 is 16.9 Å². The number of aliphatic hydroxyl groups excluding tert-OH is 1. The van der Waals surface area contributed by atoms with Gasteiger partial charge in [0, 0.05) is 31.8 Å². The van der Waals surface area contributed by atoms with Crippen LogP contribution in [0.25, 0.3) is 11.1 Å². The number of hydrogen-bond donors (Lipinski definition) is 2. The Balaban J connectivity index is 1.47. The van der Waals surface area contributed by atoms with E-state index in [2.05, 4.69) is 25.3 Å². The van der Waals surface area contributed by atoms with E-state index in [1.165, 1.54) is 6.33 Å². The summed E-state index contributed by atoms with van der Waals surface area (Å²) in [7, 11) is 0. The molecule has 4 heterocycles. The quantitative estimate of drug-likeness (QED) is 0.844. The molecule has 0 bridgehead atoms. The third-order valence-electron chi connectivity index (χ3n) is 4.73. The molecule has 0 aromatic carbocycles. The van der Waals surface area contributed by atoms with Crippen LogP contribution in [0.4, 0.5) is 5.82 Å². The van der Waals surface area contributed by atoms with Gasteiger partial charge < -0.3 is 19.7 Å². The Kier molecular flexibility index (Phi) is 3.88. The second kappa shape index (κ2) is 6.03. The van der Waals surface area contributed by atoms with Crippen molar-refractivity contribution in [1.29, 1.82) is 0 Å². The molecular weight excluding hydrogens is 298 g/mol. The van der Waals surface area contributed by atoms with Crippen molar-refractivity contribution < 1.29 is 14.4 Å². The minimum absolute atomic E-state index is 0.140. The maximum Gasteiger partial charge on any atom is 0.263 e. The predicted octanol–water partition coefficient (Wildman–Crippen LogP) is 0.562. The van der Waals surface area contributed by atoms with Gasteiger partial charge in [-0.25, -0.2) is 4.98 Å². The molecule has 3 atom stereocenters. The molecule has 23 heavy (non-hydrogen) atoms. The van der Waals surface area contributed by atoms with E-state index in [1.54, 1.807) is 0 Å². The van der Waals surface area contributed by atoms with Crippen LogP contribution in [-0.2, 0) is 4.74 Å². The average Bonchev–Trinajstić information content (AvgIpc) is 3.11. The number of aromatic nitrogens is 3. The van der Waals surface area contributed by atoms with Gasteiger partial charge in [-0.3, -0.25) is 4.90 Å². The molecule has 4 rings (SSSR count). The second-order valence-corrected chi connectivity index (χ2v) is 6.32. The molecule has 2 aromatic heterocycles. The fourth-order valence-corrected chi connectivity index (χ4v) is 3.59. The highest BCUT2D eigenvalue weighted by Crippen LogP contribution is 2.28. The summed E-state index contributed by atoms with van der Waals surface area (Å²) in [5.74, 6) is 0.784. The van der Waals surface area contributed by atoms with Crippen molar-refractivity contribution in [1.82, 2.24) is 20.0 Å². The molecule has 2 aliphatic heterocycles. The van der Waals surface area contributed by atoms with Crippen LogP contribution in [0.2, 0.25) is 0 Å². The third-order valence-corrected chi connectivity index (χ3v) is 4.73. The summed E-state index contributed by atoms with van der Waals surface area (Å²) in [5.41, 5.74) is 1.31. The van der Waals surface area contributed by atoms with Crippen molar-refractivity contribution in [3.8, 4) is 0 Å². The van der Waals surface area contributed by atoms with Gasteiger partial charge in [-0.15, -0.1) is 0 Å². The van der Waals surface area contributed by atoms with Gasteiger partial charge in [0.2, 0.25) is 0 Å². The number of ether oxygens (including phenoxy) is 1. The highest BCUT2D eigenvalue weighted by Gasteiger charge is 2.37. The molecule has 8 nitrogen and oxygen atoms in total. The second-order valence-electron chi connectivity index (χ2n) is 6.32. The number of rotatable bonds is 4. The number of nitrogens with one attached hydrogen (secondary N) is 1. The highest BCUT2D eigenvalue weighted by atomic mass is 16.5. The van der Waals surface area contributed by atoms with E-state index < -0.39 is 0 Å². The summed E-state index contributed by atoms with van der Waals surface area (Å²) in [6, 6.07) is 0.743. The SMILES string of the molecule is Cc1noc2ncnc(N[C@H]3C[C@H]4CO[C@@H](CCO)CN4C3)c12. The zero-order valence-corrected chi connectivity index (χ0v) is 13.1. The minimum atomic E-state index is 0.140. The molecule has 0 saturated carbocycles. The monoisotopic (exact) mass is 319 g/mol. The number of nitrogens with zero attached hydrogens (tertiary/aromatic N) is 4. The molecule has 0 amide bonds. The van der Waals surface area contributed by atoms with Gasteiger partial charge in [-0.1, -0.05) is 5.16 Å². The van der Waals surface area contributed by atoms with Crippen molar-refractivity contribution in [3.63, 3.8) is 0 Å². The van der Waals surface area contributed by atoms with Crippen LogP contribution < -0.4 is 5.32 Å². The van der Waals surface area contributed by atoms with Gasteiger partial charge in [0.15, 0.2) is 0 Å². The van der Waals surface area contributed by atoms with Crippen molar-refractivity contribution in [2.45, 2.75) is 38.0 Å². The topological polar surface area (TPSA) is 96.5 Å². The van der Waals surface area contributed by atoms with Crippen LogP contribution in [0, 0.1) is 6.92 Å². The van der Waals surface area contributed by atoms with Gasteiger partial charge >= 0.3 is 0 Å². The maximum absolute atomic E-state index is 9.07. The van der Waals surface area contributed by atoms with Crippen molar-refractivity contribution in [2.75, 3.05) is 31.6 Å². The van der Waals surface area contributed by atoms with Gasteiger partial charge in [0.05, 0.1) is 18.4 Å². The molecule has 0 unspecified atom stereocenters. The lowest BCUT2D eigenvalue weighted by atomic mass is 10.1. The smallest absolute Gasteiger partial charge is 0.263 e. The first-order valence-corrected chi connectivity index (χ1v) is 8.04. The number of hydrogen-bond acceptors (Lipinski definition) is 8. The fraction of sp³-hybridized carbons (Fsp3) is 0.667. The molecule has 0 radical (unpaired) electrons. The Morgan fingerprint density at radius 1 is 1.39 bits per heavy atom. The van der Waals surface area contributed by atoms with E-state index in [4.69, 9.17) is 14.4 Å². The lowest BCUT2D eigenvalue weighted by Crippen LogP contribution is -2.46. The Morgan fingerprint density at radius 2 is 2.30 bits per heavy atom. The van der Waals surface area contributed by atoms with Crippen LogP contribution in [-0.4, -0.2) is 69.6 Å². The zero-order valence-electron chi connectivity index (χ0n) is 13.1. The first kappa shape index (κ1) is 14.8. The lowest BCUT2D eigenvalue weighted by Gasteiger charge is -2.34. The number of fused-ring (bicyclic) bond motifs is 2. The van der Waals surface area contributed by atoms with Gasteiger partial charge in [0.1, 0.15) is 17.5 Å². The average molecular weight is 319 g/mol. The van der Waals surface area contributed by atoms with Gasteiger partial charge in [-0.05, 0) is 19.8 Å². The first-order valence-electron chi connectivity index (χ1n) is 8.04. The number of aryl methyl sites for hydroxylation is 1.